The molecule has 182 valence electrons. The largest absolute Gasteiger partial charge is 0.497 e. The van der Waals surface area contributed by atoms with Crippen molar-refractivity contribution in [1.82, 2.24) is 9.88 Å². The molecule has 2 aliphatic rings. The minimum atomic E-state index is -0.0996. The molecule has 6 nitrogen and oxygen atoms in total. The van der Waals surface area contributed by atoms with Crippen LogP contribution in [-0.2, 0) is 4.79 Å². The summed E-state index contributed by atoms with van der Waals surface area (Å²) in [5, 5.41) is 4.08. The summed E-state index contributed by atoms with van der Waals surface area (Å²) in [5.41, 5.74) is 6.33. The van der Waals surface area contributed by atoms with E-state index in [0.717, 1.165) is 57.0 Å². The number of aromatic amines is 1. The highest BCUT2D eigenvalue weighted by Gasteiger charge is 2.24. The van der Waals surface area contributed by atoms with Crippen LogP contribution in [0.3, 0.4) is 0 Å². The van der Waals surface area contributed by atoms with Gasteiger partial charge in [-0.3, -0.25) is 9.69 Å². The molecule has 6 rings (SSSR count). The first-order chi connectivity index (χ1) is 17.7. The molecule has 0 saturated carbocycles. The lowest BCUT2D eigenvalue weighted by Gasteiger charge is -2.14. The Bertz CT molecular complexity index is 1460. The van der Waals surface area contributed by atoms with Gasteiger partial charge in [0.2, 0.25) is 0 Å². The second-order valence-corrected chi connectivity index (χ2v) is 9.38. The van der Waals surface area contributed by atoms with E-state index in [-0.39, 0.29) is 5.91 Å². The molecule has 1 fully saturated rings. The van der Waals surface area contributed by atoms with Gasteiger partial charge >= 0.3 is 0 Å². The van der Waals surface area contributed by atoms with E-state index in [1.807, 2.05) is 60.7 Å². The number of carbonyl (C=O) groups excluding carboxylic acids is 1. The van der Waals surface area contributed by atoms with Crippen LogP contribution in [0.5, 0.6) is 11.5 Å². The summed E-state index contributed by atoms with van der Waals surface area (Å²) < 4.78 is 11.4. The zero-order valence-corrected chi connectivity index (χ0v) is 20.3. The first-order valence-electron chi connectivity index (χ1n) is 12.5. The Morgan fingerprint density at radius 3 is 2.67 bits per heavy atom. The number of nitrogens with one attached hydrogen (secondary N) is 2. The molecular formula is C30H29N3O3. The number of fused-ring (bicyclic) bond motifs is 2. The molecule has 2 N–H and O–H groups in total. The number of benzene rings is 3. The van der Waals surface area contributed by atoms with Gasteiger partial charge in [-0.05, 0) is 85.6 Å². The van der Waals surface area contributed by atoms with Crippen LogP contribution < -0.4 is 14.8 Å². The number of methoxy groups -OCH3 is 1. The van der Waals surface area contributed by atoms with Gasteiger partial charge in [0.05, 0.1) is 12.7 Å². The highest BCUT2D eigenvalue weighted by Crippen LogP contribution is 2.37. The quantitative estimate of drug-likeness (QED) is 0.328. The molecular weight excluding hydrogens is 450 g/mol. The molecule has 0 atom stereocenters. The van der Waals surface area contributed by atoms with E-state index in [1.54, 1.807) is 7.11 Å². The number of H-pyrrole nitrogens is 1. The second kappa shape index (κ2) is 9.55. The van der Waals surface area contributed by atoms with Crippen molar-refractivity contribution >= 4 is 34.1 Å². The predicted molar refractivity (Wildman–Crippen MR) is 144 cm³/mol. The predicted octanol–water partition coefficient (Wildman–Crippen LogP) is 5.81. The van der Waals surface area contributed by atoms with E-state index < -0.39 is 0 Å². The number of anilines is 1. The number of likely N-dealkylation sites (tertiary alicyclic amines) is 1. The van der Waals surface area contributed by atoms with Crippen molar-refractivity contribution in [1.29, 1.82) is 0 Å². The van der Waals surface area contributed by atoms with Crippen LogP contribution in [0.15, 0.2) is 66.7 Å². The molecule has 1 aromatic heterocycles. The lowest BCUT2D eigenvalue weighted by atomic mass is 10.00. The highest BCUT2D eigenvalue weighted by atomic mass is 16.5. The summed E-state index contributed by atoms with van der Waals surface area (Å²) in [6.07, 6.45) is 4.50. The first-order valence-corrected chi connectivity index (χ1v) is 12.5. The van der Waals surface area contributed by atoms with E-state index in [2.05, 4.69) is 27.3 Å². The standard InChI is InChI=1S/C30H29N3O3/c1-35-24-6-4-5-20(16-24)21-7-9-26-27(30(34)32-29(26)18-21)19-23-15-22-17-25(8-10-28(22)31-23)36-14-13-33-11-2-3-12-33/h4-10,15-19,31H,2-3,11-14H2,1H3,(H,32,34)/b27-19-. The maximum absolute atomic E-state index is 12.8. The number of ether oxygens (including phenoxy) is 2. The number of rotatable bonds is 7. The summed E-state index contributed by atoms with van der Waals surface area (Å²) >= 11 is 0. The van der Waals surface area contributed by atoms with Gasteiger partial charge in [-0.1, -0.05) is 24.3 Å². The highest BCUT2D eigenvalue weighted by molar-refractivity contribution is 6.35. The summed E-state index contributed by atoms with van der Waals surface area (Å²) in [6.45, 7) is 4.02. The van der Waals surface area contributed by atoms with E-state index in [0.29, 0.717) is 12.2 Å². The van der Waals surface area contributed by atoms with Crippen molar-refractivity contribution in [2.75, 3.05) is 38.7 Å². The van der Waals surface area contributed by atoms with Crippen molar-refractivity contribution in [2.24, 2.45) is 0 Å². The summed E-state index contributed by atoms with van der Waals surface area (Å²) in [6, 6.07) is 22.1. The topological polar surface area (TPSA) is 66.6 Å². The maximum atomic E-state index is 12.8. The Morgan fingerprint density at radius 1 is 0.944 bits per heavy atom. The molecule has 0 aliphatic carbocycles. The molecule has 1 amide bonds. The molecule has 2 aliphatic heterocycles. The molecule has 1 saturated heterocycles. The third kappa shape index (κ3) is 4.48. The zero-order valence-electron chi connectivity index (χ0n) is 20.3. The molecule has 3 aromatic carbocycles. The van der Waals surface area contributed by atoms with Crippen molar-refractivity contribution in [2.45, 2.75) is 12.8 Å². The van der Waals surface area contributed by atoms with Gasteiger partial charge in [0.1, 0.15) is 18.1 Å². The van der Waals surface area contributed by atoms with Crippen molar-refractivity contribution in [3.63, 3.8) is 0 Å². The van der Waals surface area contributed by atoms with E-state index in [1.165, 1.54) is 25.9 Å². The van der Waals surface area contributed by atoms with Crippen LogP contribution in [0.25, 0.3) is 33.7 Å². The van der Waals surface area contributed by atoms with Crippen LogP contribution in [0.4, 0.5) is 5.69 Å². The van der Waals surface area contributed by atoms with Gasteiger partial charge in [-0.15, -0.1) is 0 Å². The Balaban J connectivity index is 1.22. The van der Waals surface area contributed by atoms with Gasteiger partial charge in [0.15, 0.2) is 0 Å². The van der Waals surface area contributed by atoms with Crippen molar-refractivity contribution in [3.8, 4) is 22.6 Å². The first kappa shape index (κ1) is 22.4. The monoisotopic (exact) mass is 479 g/mol. The molecule has 4 aromatic rings. The van der Waals surface area contributed by atoms with E-state index >= 15 is 0 Å². The molecule has 3 heterocycles. The third-order valence-corrected chi connectivity index (χ3v) is 6.99. The fourth-order valence-electron chi connectivity index (χ4n) is 5.08. The van der Waals surface area contributed by atoms with E-state index in [4.69, 9.17) is 9.47 Å². The van der Waals surface area contributed by atoms with Gasteiger partial charge in [0, 0.05) is 34.4 Å². The van der Waals surface area contributed by atoms with Crippen LogP contribution in [-0.4, -0.2) is 49.1 Å². The van der Waals surface area contributed by atoms with Gasteiger partial charge < -0.3 is 19.8 Å². The van der Waals surface area contributed by atoms with Gasteiger partial charge in [-0.2, -0.15) is 0 Å². The molecule has 0 bridgehead atoms. The Kier molecular flexibility index (Phi) is 5.95. The number of amides is 1. The molecule has 6 heteroatoms. The molecule has 0 radical (unpaired) electrons. The second-order valence-electron chi connectivity index (χ2n) is 9.38. The zero-order chi connectivity index (χ0) is 24.5. The fourth-order valence-corrected chi connectivity index (χ4v) is 5.08. The smallest absolute Gasteiger partial charge is 0.256 e. The average molecular weight is 480 g/mol. The average Bonchev–Trinajstić information content (AvgIpc) is 3.63. The Hall–Kier alpha value is -4.03. The van der Waals surface area contributed by atoms with Crippen LogP contribution in [0, 0.1) is 0 Å². The number of hydrogen-bond acceptors (Lipinski definition) is 4. The van der Waals surface area contributed by atoms with Gasteiger partial charge in [0.25, 0.3) is 5.91 Å². The maximum Gasteiger partial charge on any atom is 0.256 e. The third-order valence-electron chi connectivity index (χ3n) is 6.99. The summed E-state index contributed by atoms with van der Waals surface area (Å²) in [4.78, 5) is 18.7. The molecule has 36 heavy (non-hydrogen) atoms. The number of aromatic nitrogens is 1. The fraction of sp³-hybridized carbons (Fsp3) is 0.233. The number of carbonyl (C=O) groups is 1. The lowest BCUT2D eigenvalue weighted by Crippen LogP contribution is -2.25. The van der Waals surface area contributed by atoms with Crippen molar-refractivity contribution in [3.05, 3.63) is 78.0 Å². The van der Waals surface area contributed by atoms with Gasteiger partial charge in [-0.25, -0.2) is 0 Å². The van der Waals surface area contributed by atoms with Crippen molar-refractivity contribution < 1.29 is 14.3 Å². The summed E-state index contributed by atoms with van der Waals surface area (Å²) in [7, 11) is 1.66. The van der Waals surface area contributed by atoms with Crippen LogP contribution in [0.2, 0.25) is 0 Å². The molecule has 0 spiro atoms. The number of nitrogens with zero attached hydrogens (tertiary/aromatic N) is 1. The molecule has 0 unspecified atom stereocenters. The summed E-state index contributed by atoms with van der Waals surface area (Å²) in [5.74, 6) is 1.57. The normalized spacial score (nSPS) is 16.5. The Labute approximate surface area is 210 Å². The minimum absolute atomic E-state index is 0.0996. The number of hydrogen-bond donors (Lipinski definition) is 2. The Morgan fingerprint density at radius 2 is 1.81 bits per heavy atom. The lowest BCUT2D eigenvalue weighted by molar-refractivity contribution is -0.110. The SMILES string of the molecule is COc1cccc(-c2ccc3c(c2)NC(=O)/C3=C\c2cc3cc(OCCN4CCCC4)ccc3[nH]2)c1. The van der Waals surface area contributed by atoms with E-state index in [9.17, 15) is 4.79 Å². The van der Waals surface area contributed by atoms with Crippen LogP contribution >= 0.6 is 0 Å². The minimum Gasteiger partial charge on any atom is -0.497 e. The van der Waals surface area contributed by atoms with Crippen LogP contribution in [0.1, 0.15) is 24.1 Å².